The number of aliphatic hydroxyl groups excluding tert-OH is 1. The second-order valence-electron chi connectivity index (χ2n) is 4.88. The standard InChI is InChI=1S/C14H16BrNO3/c1-9(17)11-6-7-16(8-11)14(19)13(18)10-2-4-12(15)5-3-10/h2-5,9,11,17H,6-8H2,1H3. The number of carbonyl (C=O) groups excluding carboxylic acids is 2. The van der Waals surface area contributed by atoms with Crippen molar-refractivity contribution < 1.29 is 14.7 Å². The van der Waals surface area contributed by atoms with E-state index >= 15 is 0 Å². The van der Waals surface area contributed by atoms with Gasteiger partial charge in [-0.2, -0.15) is 0 Å². The quantitative estimate of drug-likeness (QED) is 0.681. The number of halogens is 1. The number of Topliss-reactive ketones (excluding diaryl/α,β-unsaturated/α-hetero) is 1. The summed E-state index contributed by atoms with van der Waals surface area (Å²) in [5.41, 5.74) is 0.397. The molecule has 1 aliphatic rings. The second kappa shape index (κ2) is 5.84. The Kier molecular flexibility index (Phi) is 4.37. The van der Waals surface area contributed by atoms with E-state index in [9.17, 15) is 14.7 Å². The van der Waals surface area contributed by atoms with Crippen molar-refractivity contribution in [2.24, 2.45) is 5.92 Å². The van der Waals surface area contributed by atoms with Crippen LogP contribution in [0, 0.1) is 5.92 Å². The third-order valence-corrected chi connectivity index (χ3v) is 4.02. The van der Waals surface area contributed by atoms with Gasteiger partial charge in [0.2, 0.25) is 5.78 Å². The molecule has 2 rings (SSSR count). The van der Waals surface area contributed by atoms with Crippen LogP contribution in [0.4, 0.5) is 0 Å². The number of amides is 1. The maximum Gasteiger partial charge on any atom is 0.294 e. The van der Waals surface area contributed by atoms with E-state index < -0.39 is 17.8 Å². The van der Waals surface area contributed by atoms with E-state index in [-0.39, 0.29) is 5.92 Å². The Hall–Kier alpha value is -1.20. The fraction of sp³-hybridized carbons (Fsp3) is 0.429. The average molecular weight is 326 g/mol. The van der Waals surface area contributed by atoms with Crippen molar-refractivity contribution >= 4 is 27.6 Å². The molecule has 19 heavy (non-hydrogen) atoms. The fourth-order valence-corrected chi connectivity index (χ4v) is 2.50. The van der Waals surface area contributed by atoms with Crippen molar-refractivity contribution in [3.63, 3.8) is 0 Å². The minimum atomic E-state index is -0.487. The van der Waals surface area contributed by atoms with E-state index in [1.807, 2.05) is 0 Å². The van der Waals surface area contributed by atoms with Crippen LogP contribution in [0.2, 0.25) is 0 Å². The maximum atomic E-state index is 12.1. The number of ketones is 1. The molecule has 5 heteroatoms. The topological polar surface area (TPSA) is 57.6 Å². The molecule has 1 aliphatic heterocycles. The SMILES string of the molecule is CC(O)C1CCN(C(=O)C(=O)c2ccc(Br)cc2)C1. The molecule has 2 atom stereocenters. The molecule has 0 saturated carbocycles. The molecule has 2 unspecified atom stereocenters. The van der Waals surface area contributed by atoms with Gasteiger partial charge in [0.1, 0.15) is 0 Å². The zero-order chi connectivity index (χ0) is 14.0. The van der Waals surface area contributed by atoms with E-state index in [0.717, 1.165) is 10.9 Å². The number of nitrogens with zero attached hydrogens (tertiary/aromatic N) is 1. The lowest BCUT2D eigenvalue weighted by molar-refractivity contribution is -0.125. The van der Waals surface area contributed by atoms with Gasteiger partial charge in [-0.25, -0.2) is 0 Å². The molecule has 1 fully saturated rings. The number of hydrogen-bond acceptors (Lipinski definition) is 3. The van der Waals surface area contributed by atoms with E-state index in [2.05, 4.69) is 15.9 Å². The van der Waals surface area contributed by atoms with E-state index in [0.29, 0.717) is 18.7 Å². The van der Waals surface area contributed by atoms with Crippen molar-refractivity contribution in [2.75, 3.05) is 13.1 Å². The largest absolute Gasteiger partial charge is 0.393 e. The molecule has 0 spiro atoms. The summed E-state index contributed by atoms with van der Waals surface area (Å²) in [7, 11) is 0. The van der Waals surface area contributed by atoms with Crippen molar-refractivity contribution in [1.82, 2.24) is 4.90 Å². The minimum Gasteiger partial charge on any atom is -0.393 e. The molecule has 0 bridgehead atoms. The van der Waals surface area contributed by atoms with Gasteiger partial charge in [0, 0.05) is 29.0 Å². The van der Waals surface area contributed by atoms with Gasteiger partial charge >= 0.3 is 0 Å². The molecule has 0 aromatic heterocycles. The Balaban J connectivity index is 2.04. The number of benzene rings is 1. The van der Waals surface area contributed by atoms with Crippen molar-refractivity contribution in [3.8, 4) is 0 Å². The Bertz CT molecular complexity index is 484. The highest BCUT2D eigenvalue weighted by atomic mass is 79.9. The monoisotopic (exact) mass is 325 g/mol. The predicted octanol–water partition coefficient (Wildman–Crippen LogP) is 1.86. The van der Waals surface area contributed by atoms with Crippen LogP contribution in [0.15, 0.2) is 28.7 Å². The molecule has 1 N–H and O–H groups in total. The summed E-state index contributed by atoms with van der Waals surface area (Å²) >= 11 is 3.29. The van der Waals surface area contributed by atoms with Crippen molar-refractivity contribution in [2.45, 2.75) is 19.4 Å². The van der Waals surface area contributed by atoms with Gasteiger partial charge in [-0.1, -0.05) is 15.9 Å². The average Bonchev–Trinajstić information content (AvgIpc) is 2.87. The predicted molar refractivity (Wildman–Crippen MR) is 74.8 cm³/mol. The Morgan fingerprint density at radius 2 is 2.00 bits per heavy atom. The molecule has 1 saturated heterocycles. The number of hydrogen-bond donors (Lipinski definition) is 1. The summed E-state index contributed by atoms with van der Waals surface area (Å²) in [6.45, 7) is 2.71. The molecular formula is C14H16BrNO3. The van der Waals surface area contributed by atoms with Crippen LogP contribution in [0.3, 0.4) is 0 Å². The molecule has 1 heterocycles. The van der Waals surface area contributed by atoms with E-state index in [1.165, 1.54) is 4.90 Å². The van der Waals surface area contributed by atoms with Crippen LogP contribution in [0.25, 0.3) is 0 Å². The van der Waals surface area contributed by atoms with Gasteiger partial charge < -0.3 is 10.0 Å². The smallest absolute Gasteiger partial charge is 0.294 e. The van der Waals surface area contributed by atoms with Crippen LogP contribution in [0.5, 0.6) is 0 Å². The Labute approximate surface area is 120 Å². The molecule has 1 amide bonds. The van der Waals surface area contributed by atoms with Crippen LogP contribution >= 0.6 is 15.9 Å². The molecule has 4 nitrogen and oxygen atoms in total. The van der Waals surface area contributed by atoms with Crippen LogP contribution in [-0.2, 0) is 4.79 Å². The van der Waals surface area contributed by atoms with E-state index in [4.69, 9.17) is 0 Å². The van der Waals surface area contributed by atoms with Gasteiger partial charge in [0.15, 0.2) is 0 Å². The second-order valence-corrected chi connectivity index (χ2v) is 5.79. The summed E-state index contributed by atoms with van der Waals surface area (Å²) in [5, 5.41) is 9.51. The van der Waals surface area contributed by atoms with E-state index in [1.54, 1.807) is 31.2 Å². The van der Waals surface area contributed by atoms with Gasteiger partial charge in [0.05, 0.1) is 6.10 Å². The molecule has 1 aromatic rings. The first-order valence-corrected chi connectivity index (χ1v) is 7.05. The highest BCUT2D eigenvalue weighted by molar-refractivity contribution is 9.10. The highest BCUT2D eigenvalue weighted by Gasteiger charge is 2.32. The maximum absolute atomic E-state index is 12.1. The van der Waals surface area contributed by atoms with Crippen LogP contribution in [-0.4, -0.2) is 40.9 Å². The normalized spacial score (nSPS) is 20.4. The third kappa shape index (κ3) is 3.22. The number of carbonyl (C=O) groups is 2. The lowest BCUT2D eigenvalue weighted by Crippen LogP contribution is -2.35. The van der Waals surface area contributed by atoms with Crippen molar-refractivity contribution in [1.29, 1.82) is 0 Å². The van der Waals surface area contributed by atoms with Crippen LogP contribution < -0.4 is 0 Å². The molecular weight excluding hydrogens is 310 g/mol. The summed E-state index contributed by atoms with van der Waals surface area (Å²) in [4.78, 5) is 25.7. The summed E-state index contributed by atoms with van der Waals surface area (Å²) in [6, 6.07) is 6.74. The lowest BCUT2D eigenvalue weighted by Gasteiger charge is -2.16. The number of aliphatic hydroxyl groups is 1. The van der Waals surface area contributed by atoms with Crippen LogP contribution in [0.1, 0.15) is 23.7 Å². The summed E-state index contributed by atoms with van der Waals surface area (Å²) in [5.74, 6) is -0.897. The zero-order valence-electron chi connectivity index (χ0n) is 10.7. The number of rotatable bonds is 3. The summed E-state index contributed by atoms with van der Waals surface area (Å²) < 4.78 is 0.867. The number of likely N-dealkylation sites (tertiary alicyclic amines) is 1. The first kappa shape index (κ1) is 14.2. The van der Waals surface area contributed by atoms with Gasteiger partial charge in [0.25, 0.3) is 5.91 Å². The first-order chi connectivity index (χ1) is 8.99. The van der Waals surface area contributed by atoms with Gasteiger partial charge in [-0.15, -0.1) is 0 Å². The van der Waals surface area contributed by atoms with Crippen molar-refractivity contribution in [3.05, 3.63) is 34.3 Å². The Morgan fingerprint density at radius 3 is 2.53 bits per heavy atom. The van der Waals surface area contributed by atoms with Gasteiger partial charge in [-0.05, 0) is 37.6 Å². The van der Waals surface area contributed by atoms with Gasteiger partial charge in [-0.3, -0.25) is 9.59 Å². The molecule has 0 aliphatic carbocycles. The zero-order valence-corrected chi connectivity index (χ0v) is 12.3. The fourth-order valence-electron chi connectivity index (χ4n) is 2.23. The highest BCUT2D eigenvalue weighted by Crippen LogP contribution is 2.20. The molecule has 102 valence electrons. The lowest BCUT2D eigenvalue weighted by atomic mass is 10.0. The molecule has 1 aromatic carbocycles. The third-order valence-electron chi connectivity index (χ3n) is 3.49. The minimum absolute atomic E-state index is 0.0710. The molecule has 0 radical (unpaired) electrons. The Morgan fingerprint density at radius 1 is 1.37 bits per heavy atom. The first-order valence-electron chi connectivity index (χ1n) is 6.26. The summed E-state index contributed by atoms with van der Waals surface area (Å²) in [6.07, 6.45) is 0.303.